The van der Waals surface area contributed by atoms with Gasteiger partial charge in [-0.3, -0.25) is 0 Å². The maximum atomic E-state index is 8.48. The van der Waals surface area contributed by atoms with E-state index in [0.717, 1.165) is 25.7 Å². The lowest BCUT2D eigenvalue weighted by atomic mass is 10.1. The molecule has 0 rings (SSSR count). The average Bonchev–Trinajstić information content (AvgIpc) is 2.07. The third-order valence-corrected chi connectivity index (χ3v) is 3.18. The summed E-state index contributed by atoms with van der Waals surface area (Å²) in [7, 11) is 0. The molecule has 0 saturated heterocycles. The van der Waals surface area contributed by atoms with Crippen molar-refractivity contribution >= 4 is 47.8 Å². The number of unbranched alkanes of at least 4 members (excludes halogenated alkanes) is 5. The number of hydrogen-bond donors (Lipinski definition) is 2. The molecule has 0 aliphatic heterocycles. The molecule has 0 radical (unpaired) electrons. The lowest BCUT2D eigenvalue weighted by molar-refractivity contribution is 0.189. The Morgan fingerprint density at radius 2 is 1.47 bits per heavy atom. The maximum Gasteiger partial charge on any atom is 0.269 e. The van der Waals surface area contributed by atoms with Crippen LogP contribution in [0.2, 0.25) is 0 Å². The predicted molar refractivity (Wildman–Crippen MR) is 75.2 cm³/mol. The molecule has 0 aromatic heterocycles. The van der Waals surface area contributed by atoms with E-state index >= 15 is 0 Å². The van der Waals surface area contributed by atoms with Crippen molar-refractivity contribution in [1.82, 2.24) is 0 Å². The van der Waals surface area contributed by atoms with Gasteiger partial charge in [0.1, 0.15) is 2.14 Å². The Hall–Kier alpha value is 0.780. The van der Waals surface area contributed by atoms with Gasteiger partial charge in [0.15, 0.2) is 0 Å². The number of aliphatic hydroxyl groups is 2. The van der Waals surface area contributed by atoms with Crippen LogP contribution >= 0.6 is 47.8 Å². The van der Waals surface area contributed by atoms with Gasteiger partial charge in [0.05, 0.1) is 0 Å². The first-order chi connectivity index (χ1) is 6.92. The van der Waals surface area contributed by atoms with Crippen molar-refractivity contribution in [2.24, 2.45) is 0 Å². The topological polar surface area (TPSA) is 40.5 Å². The molecule has 0 aromatic rings. The molecular formula is C10H17Br3O2. The lowest BCUT2D eigenvalue weighted by Crippen LogP contribution is -1.97. The Labute approximate surface area is 117 Å². The highest BCUT2D eigenvalue weighted by molar-refractivity contribution is 9.39. The summed E-state index contributed by atoms with van der Waals surface area (Å²) in [6, 6.07) is 0. The van der Waals surface area contributed by atoms with Crippen LogP contribution in [-0.4, -0.2) is 12.4 Å². The molecule has 0 amide bonds. The highest BCUT2D eigenvalue weighted by Gasteiger charge is 2.15. The summed E-state index contributed by atoms with van der Waals surface area (Å²) in [5.74, 6) is -0.558. The number of alkyl halides is 3. The largest absolute Gasteiger partial charge is 0.481 e. The quantitative estimate of drug-likeness (QED) is 0.331. The Bertz CT molecular complexity index is 184. The first-order valence-electron chi connectivity index (χ1n) is 5.06. The van der Waals surface area contributed by atoms with Crippen molar-refractivity contribution < 1.29 is 10.2 Å². The van der Waals surface area contributed by atoms with Crippen molar-refractivity contribution in [2.75, 3.05) is 0 Å². The van der Waals surface area contributed by atoms with E-state index in [2.05, 4.69) is 47.8 Å². The van der Waals surface area contributed by atoms with Crippen LogP contribution < -0.4 is 0 Å². The molecule has 0 aromatic carbocycles. The molecule has 0 saturated carbocycles. The normalized spacial score (nSPS) is 11.4. The number of halogens is 3. The van der Waals surface area contributed by atoms with Gasteiger partial charge >= 0.3 is 0 Å². The third-order valence-electron chi connectivity index (χ3n) is 1.99. The maximum absolute atomic E-state index is 8.48. The molecule has 0 aliphatic carbocycles. The Morgan fingerprint density at radius 1 is 0.933 bits per heavy atom. The molecule has 0 aliphatic rings. The highest BCUT2D eigenvalue weighted by Crippen LogP contribution is 2.38. The van der Waals surface area contributed by atoms with Gasteiger partial charge in [-0.05, 0) is 25.3 Å². The summed E-state index contributed by atoms with van der Waals surface area (Å²) < 4.78 is -0.0988. The van der Waals surface area contributed by atoms with E-state index in [0.29, 0.717) is 0 Å². The van der Waals surface area contributed by atoms with E-state index in [-0.39, 0.29) is 2.14 Å². The van der Waals surface area contributed by atoms with Crippen molar-refractivity contribution in [1.29, 1.82) is 0 Å². The van der Waals surface area contributed by atoms with Crippen LogP contribution in [0, 0.1) is 0 Å². The minimum absolute atomic E-state index is 0.0988. The number of hydrogen-bond acceptors (Lipinski definition) is 2. The number of allylic oxidation sites excluding steroid dienone is 1. The Balaban J connectivity index is 3.16. The van der Waals surface area contributed by atoms with E-state index in [1.807, 2.05) is 0 Å². The fourth-order valence-corrected chi connectivity index (χ4v) is 2.07. The molecule has 15 heavy (non-hydrogen) atoms. The summed E-state index contributed by atoms with van der Waals surface area (Å²) in [4.78, 5) is 0. The van der Waals surface area contributed by atoms with Gasteiger partial charge in [0, 0.05) is 0 Å². The molecule has 5 heteroatoms. The first-order valence-corrected chi connectivity index (χ1v) is 7.44. The predicted octanol–water partition coefficient (Wildman–Crippen LogP) is 5.51. The second-order valence-electron chi connectivity index (χ2n) is 3.48. The SMILES string of the molecule is OC(O)=CCCCCCCCC(Br)(Br)Br. The van der Waals surface area contributed by atoms with Crippen LogP contribution in [0.15, 0.2) is 12.0 Å². The van der Waals surface area contributed by atoms with Crippen LogP contribution in [0.3, 0.4) is 0 Å². The summed E-state index contributed by atoms with van der Waals surface area (Å²) in [6.07, 6.45) is 8.98. The van der Waals surface area contributed by atoms with Crippen LogP contribution in [-0.2, 0) is 0 Å². The second kappa shape index (κ2) is 8.88. The zero-order chi connectivity index (χ0) is 11.7. The van der Waals surface area contributed by atoms with E-state index in [1.165, 1.54) is 25.3 Å². The summed E-state index contributed by atoms with van der Waals surface area (Å²) in [5, 5.41) is 17.0. The Morgan fingerprint density at radius 3 is 2.00 bits per heavy atom. The van der Waals surface area contributed by atoms with Gasteiger partial charge in [0.25, 0.3) is 5.95 Å². The smallest absolute Gasteiger partial charge is 0.269 e. The van der Waals surface area contributed by atoms with Crippen LogP contribution in [0.4, 0.5) is 0 Å². The zero-order valence-corrected chi connectivity index (χ0v) is 13.3. The van der Waals surface area contributed by atoms with Crippen molar-refractivity contribution in [3.05, 3.63) is 12.0 Å². The summed E-state index contributed by atoms with van der Waals surface area (Å²) in [6.45, 7) is 0. The van der Waals surface area contributed by atoms with Gasteiger partial charge in [-0.25, -0.2) is 0 Å². The van der Waals surface area contributed by atoms with Crippen molar-refractivity contribution in [2.45, 2.75) is 47.1 Å². The van der Waals surface area contributed by atoms with E-state index in [9.17, 15) is 0 Å². The summed E-state index contributed by atoms with van der Waals surface area (Å²) in [5.41, 5.74) is 0. The molecule has 2 nitrogen and oxygen atoms in total. The second-order valence-corrected chi connectivity index (χ2v) is 10.7. The first kappa shape index (κ1) is 15.8. The molecule has 2 N–H and O–H groups in total. The molecule has 0 bridgehead atoms. The van der Waals surface area contributed by atoms with E-state index < -0.39 is 5.95 Å². The average molecular weight is 409 g/mol. The fraction of sp³-hybridized carbons (Fsp3) is 0.800. The van der Waals surface area contributed by atoms with Crippen LogP contribution in [0.5, 0.6) is 0 Å². The zero-order valence-electron chi connectivity index (χ0n) is 8.56. The number of aliphatic hydroxyl groups excluding tert-OH is 1. The molecule has 90 valence electrons. The molecule has 0 heterocycles. The third kappa shape index (κ3) is 14.8. The van der Waals surface area contributed by atoms with Crippen molar-refractivity contribution in [3.8, 4) is 0 Å². The fourth-order valence-electron chi connectivity index (χ4n) is 1.23. The number of rotatable bonds is 7. The lowest BCUT2D eigenvalue weighted by Gasteiger charge is -2.10. The molecule has 0 spiro atoms. The molecular weight excluding hydrogens is 392 g/mol. The molecule has 0 unspecified atom stereocenters. The van der Waals surface area contributed by atoms with Crippen LogP contribution in [0.1, 0.15) is 44.9 Å². The van der Waals surface area contributed by atoms with Crippen LogP contribution in [0.25, 0.3) is 0 Å². The van der Waals surface area contributed by atoms with Gasteiger partial charge < -0.3 is 10.2 Å². The van der Waals surface area contributed by atoms with Gasteiger partial charge in [0.2, 0.25) is 0 Å². The van der Waals surface area contributed by atoms with E-state index in [4.69, 9.17) is 10.2 Å². The molecule has 0 atom stereocenters. The Kier molecular flexibility index (Phi) is 9.34. The summed E-state index contributed by atoms with van der Waals surface area (Å²) >= 11 is 10.4. The monoisotopic (exact) mass is 406 g/mol. The van der Waals surface area contributed by atoms with Gasteiger partial charge in [-0.1, -0.05) is 73.5 Å². The minimum Gasteiger partial charge on any atom is -0.481 e. The van der Waals surface area contributed by atoms with Gasteiger partial charge in [-0.15, -0.1) is 0 Å². The van der Waals surface area contributed by atoms with Gasteiger partial charge in [-0.2, -0.15) is 0 Å². The molecule has 0 fully saturated rings. The standard InChI is InChI=1S/C10H17Br3O2/c11-10(12,13)8-6-4-2-1-3-5-7-9(14)15/h7,14-15H,1-6,8H2. The highest BCUT2D eigenvalue weighted by atomic mass is 80.0. The van der Waals surface area contributed by atoms with Crippen molar-refractivity contribution in [3.63, 3.8) is 0 Å². The van der Waals surface area contributed by atoms with E-state index in [1.54, 1.807) is 0 Å². The minimum atomic E-state index is -0.558.